The van der Waals surface area contributed by atoms with Crippen LogP contribution in [0, 0.1) is 13.8 Å². The molecule has 0 fully saturated rings. The predicted molar refractivity (Wildman–Crippen MR) is 131 cm³/mol. The highest BCUT2D eigenvalue weighted by Crippen LogP contribution is 2.27. The first-order valence-electron chi connectivity index (χ1n) is 9.92. The molecule has 3 aromatic carbocycles. The fraction of sp³-hybridized carbons (Fsp3) is 0.167. The topological polar surface area (TPSA) is 78.8 Å². The van der Waals surface area contributed by atoms with Gasteiger partial charge in [0.25, 0.3) is 15.9 Å². The van der Waals surface area contributed by atoms with Gasteiger partial charge in [-0.15, -0.1) is 0 Å². The molecule has 0 bridgehead atoms. The second-order valence-electron chi connectivity index (χ2n) is 7.35. The molecule has 32 heavy (non-hydrogen) atoms. The quantitative estimate of drug-likeness (QED) is 0.364. The van der Waals surface area contributed by atoms with Crippen LogP contribution in [0.2, 0.25) is 0 Å². The molecule has 166 valence electrons. The molecule has 1 amide bonds. The first-order chi connectivity index (χ1) is 15.2. The summed E-state index contributed by atoms with van der Waals surface area (Å²) in [6.07, 6.45) is 0. The molecule has 0 saturated heterocycles. The molecule has 8 heteroatoms. The standard InChI is InChI=1S/C24H24BrN3O3S/c1-17-9-14-23(18(2)15-17)28(32(30,31)22-7-5-4-6-8-22)16-24(29)27-26-19(3)20-10-12-21(25)13-11-20/h4-15H,16H2,1-3H3,(H,27,29)/b26-19-. The van der Waals surface area contributed by atoms with E-state index in [0.29, 0.717) is 11.4 Å². The molecule has 0 radical (unpaired) electrons. The molecule has 0 heterocycles. The fourth-order valence-electron chi connectivity index (χ4n) is 3.17. The number of amides is 1. The van der Waals surface area contributed by atoms with Gasteiger partial charge in [0.1, 0.15) is 6.54 Å². The van der Waals surface area contributed by atoms with Crippen LogP contribution in [0.1, 0.15) is 23.6 Å². The molecule has 0 aliphatic heterocycles. The molecule has 3 rings (SSSR count). The average Bonchev–Trinajstić information content (AvgIpc) is 2.77. The number of nitrogens with zero attached hydrogens (tertiary/aromatic N) is 2. The van der Waals surface area contributed by atoms with Crippen molar-refractivity contribution in [3.63, 3.8) is 0 Å². The van der Waals surface area contributed by atoms with E-state index in [1.165, 1.54) is 12.1 Å². The SMILES string of the molecule is C/C(=N/NC(=O)CN(c1ccc(C)cc1C)S(=O)(=O)c1ccccc1)c1ccc(Br)cc1. The number of carbonyl (C=O) groups is 1. The summed E-state index contributed by atoms with van der Waals surface area (Å²) in [5.41, 5.74) is 6.14. The molecule has 3 aromatic rings. The summed E-state index contributed by atoms with van der Waals surface area (Å²) >= 11 is 3.38. The van der Waals surface area contributed by atoms with Crippen molar-refractivity contribution in [3.05, 3.63) is 94.0 Å². The third kappa shape index (κ3) is 5.63. The maximum Gasteiger partial charge on any atom is 0.264 e. The number of hydrogen-bond acceptors (Lipinski definition) is 4. The van der Waals surface area contributed by atoms with Crippen molar-refractivity contribution in [1.29, 1.82) is 0 Å². The number of hydrogen-bond donors (Lipinski definition) is 1. The summed E-state index contributed by atoms with van der Waals surface area (Å²) < 4.78 is 28.9. The summed E-state index contributed by atoms with van der Waals surface area (Å²) in [6, 6.07) is 21.0. The molecular weight excluding hydrogens is 490 g/mol. The lowest BCUT2D eigenvalue weighted by Gasteiger charge is -2.25. The van der Waals surface area contributed by atoms with Crippen LogP contribution in [-0.4, -0.2) is 26.6 Å². The van der Waals surface area contributed by atoms with Gasteiger partial charge in [-0.25, -0.2) is 13.8 Å². The van der Waals surface area contributed by atoms with Gasteiger partial charge in [0.05, 0.1) is 16.3 Å². The number of aryl methyl sites for hydroxylation is 2. The Labute approximate surface area is 197 Å². The van der Waals surface area contributed by atoms with Gasteiger partial charge >= 0.3 is 0 Å². The summed E-state index contributed by atoms with van der Waals surface area (Å²) in [4.78, 5) is 12.9. The van der Waals surface area contributed by atoms with Crippen molar-refractivity contribution in [1.82, 2.24) is 5.43 Å². The van der Waals surface area contributed by atoms with Crippen LogP contribution in [0.25, 0.3) is 0 Å². The van der Waals surface area contributed by atoms with Gasteiger partial charge in [0.15, 0.2) is 0 Å². The van der Waals surface area contributed by atoms with E-state index in [1.54, 1.807) is 31.2 Å². The van der Waals surface area contributed by atoms with E-state index in [4.69, 9.17) is 0 Å². The van der Waals surface area contributed by atoms with Crippen molar-refractivity contribution in [2.75, 3.05) is 10.8 Å². The number of sulfonamides is 1. The summed E-state index contributed by atoms with van der Waals surface area (Å²) in [7, 11) is -3.96. The number of carbonyl (C=O) groups excluding carboxylic acids is 1. The van der Waals surface area contributed by atoms with Crippen molar-refractivity contribution in [2.45, 2.75) is 25.7 Å². The van der Waals surface area contributed by atoms with Crippen LogP contribution in [0.3, 0.4) is 0 Å². The zero-order valence-corrected chi connectivity index (χ0v) is 20.4. The largest absolute Gasteiger partial charge is 0.271 e. The van der Waals surface area contributed by atoms with E-state index in [1.807, 2.05) is 50.2 Å². The Hall–Kier alpha value is -2.97. The molecule has 0 aliphatic rings. The van der Waals surface area contributed by atoms with Gasteiger partial charge < -0.3 is 0 Å². The molecule has 0 aliphatic carbocycles. The van der Waals surface area contributed by atoms with E-state index in [0.717, 1.165) is 25.5 Å². The first-order valence-corrected chi connectivity index (χ1v) is 12.2. The lowest BCUT2D eigenvalue weighted by molar-refractivity contribution is -0.119. The zero-order valence-electron chi connectivity index (χ0n) is 18.0. The van der Waals surface area contributed by atoms with Gasteiger partial charge in [-0.1, -0.05) is 64.0 Å². The third-order valence-electron chi connectivity index (χ3n) is 4.85. The number of rotatable bonds is 7. The Morgan fingerprint density at radius 2 is 1.66 bits per heavy atom. The minimum absolute atomic E-state index is 0.113. The molecule has 6 nitrogen and oxygen atoms in total. The Morgan fingerprint density at radius 1 is 1.00 bits per heavy atom. The second-order valence-corrected chi connectivity index (χ2v) is 10.1. The number of nitrogens with one attached hydrogen (secondary N) is 1. The van der Waals surface area contributed by atoms with Crippen molar-refractivity contribution >= 4 is 43.3 Å². The van der Waals surface area contributed by atoms with Crippen molar-refractivity contribution in [2.24, 2.45) is 5.10 Å². The highest BCUT2D eigenvalue weighted by molar-refractivity contribution is 9.10. The van der Waals surface area contributed by atoms with Gasteiger partial charge in [-0.05, 0) is 62.2 Å². The lowest BCUT2D eigenvalue weighted by Crippen LogP contribution is -2.40. The molecule has 1 N–H and O–H groups in total. The van der Waals surface area contributed by atoms with Crippen LogP contribution < -0.4 is 9.73 Å². The van der Waals surface area contributed by atoms with Crippen LogP contribution in [-0.2, 0) is 14.8 Å². The highest BCUT2D eigenvalue weighted by Gasteiger charge is 2.28. The van der Waals surface area contributed by atoms with E-state index < -0.39 is 22.5 Å². The molecule has 0 saturated carbocycles. The first kappa shape index (κ1) is 23.7. The fourth-order valence-corrected chi connectivity index (χ4v) is 4.94. The normalized spacial score (nSPS) is 11.8. The van der Waals surface area contributed by atoms with Gasteiger partial charge in [-0.3, -0.25) is 9.10 Å². The second kappa shape index (κ2) is 10.1. The predicted octanol–water partition coefficient (Wildman–Crippen LogP) is 4.80. The molecule has 0 atom stereocenters. The smallest absolute Gasteiger partial charge is 0.264 e. The molecule has 0 unspecified atom stereocenters. The Kier molecular flexibility index (Phi) is 7.48. The molecule has 0 spiro atoms. The molecular formula is C24H24BrN3O3S. The third-order valence-corrected chi connectivity index (χ3v) is 7.15. The van der Waals surface area contributed by atoms with Gasteiger partial charge in [0, 0.05) is 4.47 Å². The monoisotopic (exact) mass is 513 g/mol. The van der Waals surface area contributed by atoms with Crippen LogP contribution in [0.5, 0.6) is 0 Å². The lowest BCUT2D eigenvalue weighted by atomic mass is 10.1. The number of hydrazone groups is 1. The van der Waals surface area contributed by atoms with Gasteiger partial charge in [-0.2, -0.15) is 5.10 Å². The minimum atomic E-state index is -3.96. The van der Waals surface area contributed by atoms with Gasteiger partial charge in [0.2, 0.25) is 0 Å². The Morgan fingerprint density at radius 3 is 2.28 bits per heavy atom. The summed E-state index contributed by atoms with van der Waals surface area (Å²) in [5.74, 6) is -0.541. The van der Waals surface area contributed by atoms with E-state index in [2.05, 4.69) is 26.5 Å². The van der Waals surface area contributed by atoms with E-state index >= 15 is 0 Å². The Balaban J connectivity index is 1.89. The number of anilines is 1. The summed E-state index contributed by atoms with van der Waals surface area (Å²) in [6.45, 7) is 5.12. The van der Waals surface area contributed by atoms with Crippen LogP contribution >= 0.6 is 15.9 Å². The number of halogens is 1. The van der Waals surface area contributed by atoms with Crippen LogP contribution in [0.15, 0.2) is 87.3 Å². The van der Waals surface area contributed by atoms with Crippen molar-refractivity contribution in [3.8, 4) is 0 Å². The average molecular weight is 514 g/mol. The van der Waals surface area contributed by atoms with Crippen LogP contribution in [0.4, 0.5) is 5.69 Å². The van der Waals surface area contributed by atoms with E-state index in [9.17, 15) is 13.2 Å². The summed E-state index contributed by atoms with van der Waals surface area (Å²) in [5, 5.41) is 4.14. The zero-order chi connectivity index (χ0) is 23.3. The maximum atomic E-state index is 13.4. The molecule has 0 aromatic heterocycles. The van der Waals surface area contributed by atoms with E-state index in [-0.39, 0.29) is 4.90 Å². The number of benzene rings is 3. The highest BCUT2D eigenvalue weighted by atomic mass is 79.9. The van der Waals surface area contributed by atoms with Crippen molar-refractivity contribution < 1.29 is 13.2 Å². The minimum Gasteiger partial charge on any atom is -0.271 e. The Bertz CT molecular complexity index is 1240. The maximum absolute atomic E-state index is 13.4.